The lowest BCUT2D eigenvalue weighted by Crippen LogP contribution is -2.49. The van der Waals surface area contributed by atoms with Gasteiger partial charge in [0.05, 0.1) is 24.2 Å². The zero-order chi connectivity index (χ0) is 17.9. The SMILES string of the molecule is CO[C@H]1COCC[C@@H]1NC(=O)c1cccc(N2CCS(=O)(=O)CC2)c1. The average Bonchev–Trinajstić information content (AvgIpc) is 2.62. The van der Waals surface area contributed by atoms with Crippen molar-refractivity contribution in [2.24, 2.45) is 0 Å². The fourth-order valence-electron chi connectivity index (χ4n) is 3.18. The van der Waals surface area contributed by atoms with Crippen LogP contribution in [0.15, 0.2) is 24.3 Å². The summed E-state index contributed by atoms with van der Waals surface area (Å²) in [6.07, 6.45) is 0.571. The number of hydrogen-bond donors (Lipinski definition) is 1. The Kier molecular flexibility index (Phi) is 5.61. The van der Waals surface area contributed by atoms with Crippen LogP contribution in [0.2, 0.25) is 0 Å². The summed E-state index contributed by atoms with van der Waals surface area (Å²) in [5.41, 5.74) is 1.44. The Labute approximate surface area is 148 Å². The van der Waals surface area contributed by atoms with Crippen molar-refractivity contribution >= 4 is 21.4 Å². The first kappa shape index (κ1) is 18.2. The number of sulfone groups is 1. The Balaban J connectivity index is 1.67. The fraction of sp³-hybridized carbons (Fsp3) is 0.588. The second-order valence-electron chi connectivity index (χ2n) is 6.41. The van der Waals surface area contributed by atoms with Gasteiger partial charge in [-0.05, 0) is 24.6 Å². The zero-order valence-corrected chi connectivity index (χ0v) is 15.1. The molecule has 8 heteroatoms. The summed E-state index contributed by atoms with van der Waals surface area (Å²) in [4.78, 5) is 14.6. The van der Waals surface area contributed by atoms with Crippen LogP contribution in [0.4, 0.5) is 5.69 Å². The van der Waals surface area contributed by atoms with Crippen molar-refractivity contribution in [3.05, 3.63) is 29.8 Å². The summed E-state index contributed by atoms with van der Waals surface area (Å²) in [5.74, 6) is 0.155. The van der Waals surface area contributed by atoms with Gasteiger partial charge in [-0.3, -0.25) is 4.79 Å². The van der Waals surface area contributed by atoms with Crippen LogP contribution in [0.25, 0.3) is 0 Å². The molecule has 2 fully saturated rings. The third-order valence-electron chi connectivity index (χ3n) is 4.74. The van der Waals surface area contributed by atoms with Crippen molar-refractivity contribution in [3.63, 3.8) is 0 Å². The fourth-order valence-corrected chi connectivity index (χ4v) is 4.38. The van der Waals surface area contributed by atoms with Crippen LogP contribution >= 0.6 is 0 Å². The maximum absolute atomic E-state index is 12.6. The summed E-state index contributed by atoms with van der Waals surface area (Å²) < 4.78 is 33.9. The summed E-state index contributed by atoms with van der Waals surface area (Å²) >= 11 is 0. The minimum absolute atomic E-state index is 0.0740. The Morgan fingerprint density at radius 2 is 2.08 bits per heavy atom. The predicted molar refractivity (Wildman–Crippen MR) is 94.8 cm³/mol. The van der Waals surface area contributed by atoms with Crippen LogP contribution in [0, 0.1) is 0 Å². The molecule has 1 aromatic rings. The number of carbonyl (C=O) groups excluding carboxylic acids is 1. The first-order chi connectivity index (χ1) is 12.0. The number of methoxy groups -OCH3 is 1. The number of nitrogens with zero attached hydrogens (tertiary/aromatic N) is 1. The van der Waals surface area contributed by atoms with Crippen molar-refractivity contribution in [1.82, 2.24) is 5.32 Å². The van der Waals surface area contributed by atoms with E-state index in [4.69, 9.17) is 9.47 Å². The Hall–Kier alpha value is -1.64. The van der Waals surface area contributed by atoms with E-state index in [1.165, 1.54) is 0 Å². The minimum Gasteiger partial charge on any atom is -0.379 e. The molecule has 1 N–H and O–H groups in total. The maximum atomic E-state index is 12.6. The molecule has 2 aliphatic heterocycles. The van der Waals surface area contributed by atoms with Crippen molar-refractivity contribution in [3.8, 4) is 0 Å². The van der Waals surface area contributed by atoms with Gasteiger partial charge in [-0.2, -0.15) is 0 Å². The number of nitrogens with one attached hydrogen (secondary N) is 1. The molecule has 0 bridgehead atoms. The molecule has 2 atom stereocenters. The van der Waals surface area contributed by atoms with Gasteiger partial charge in [-0.1, -0.05) is 6.07 Å². The first-order valence-electron chi connectivity index (χ1n) is 8.45. The topological polar surface area (TPSA) is 84.9 Å². The molecule has 2 heterocycles. The highest BCUT2D eigenvalue weighted by molar-refractivity contribution is 7.91. The number of hydrogen-bond acceptors (Lipinski definition) is 6. The van der Waals surface area contributed by atoms with Gasteiger partial charge in [0.15, 0.2) is 9.84 Å². The van der Waals surface area contributed by atoms with E-state index in [2.05, 4.69) is 5.32 Å². The summed E-state index contributed by atoms with van der Waals surface area (Å²) in [6, 6.07) is 7.23. The predicted octanol–water partition coefficient (Wildman–Crippen LogP) is 0.455. The number of anilines is 1. The molecule has 0 aliphatic carbocycles. The number of amides is 1. The number of ether oxygens (including phenoxy) is 2. The molecule has 25 heavy (non-hydrogen) atoms. The van der Waals surface area contributed by atoms with Gasteiger partial charge >= 0.3 is 0 Å². The molecule has 1 aromatic carbocycles. The van der Waals surface area contributed by atoms with E-state index < -0.39 is 9.84 Å². The van der Waals surface area contributed by atoms with E-state index in [0.717, 1.165) is 5.69 Å². The first-order valence-corrected chi connectivity index (χ1v) is 10.3. The third kappa shape index (κ3) is 4.50. The highest BCUT2D eigenvalue weighted by atomic mass is 32.2. The second kappa shape index (κ2) is 7.72. The highest BCUT2D eigenvalue weighted by Gasteiger charge is 2.27. The monoisotopic (exact) mass is 368 g/mol. The maximum Gasteiger partial charge on any atom is 0.251 e. The van der Waals surface area contributed by atoms with E-state index in [1.54, 1.807) is 13.2 Å². The van der Waals surface area contributed by atoms with E-state index in [-0.39, 0.29) is 29.6 Å². The Bertz CT molecular complexity index is 708. The van der Waals surface area contributed by atoms with Crippen LogP contribution in [-0.2, 0) is 19.3 Å². The van der Waals surface area contributed by atoms with E-state index >= 15 is 0 Å². The van der Waals surface area contributed by atoms with Crippen LogP contribution in [0.3, 0.4) is 0 Å². The van der Waals surface area contributed by atoms with Gasteiger partial charge in [0.2, 0.25) is 0 Å². The Morgan fingerprint density at radius 1 is 1.32 bits per heavy atom. The molecule has 3 rings (SSSR count). The molecule has 1 amide bonds. The van der Waals surface area contributed by atoms with Crippen molar-refractivity contribution in [2.75, 3.05) is 49.8 Å². The van der Waals surface area contributed by atoms with Gasteiger partial charge in [0, 0.05) is 38.1 Å². The Morgan fingerprint density at radius 3 is 2.80 bits per heavy atom. The van der Waals surface area contributed by atoms with Crippen LogP contribution in [-0.4, -0.2) is 71.4 Å². The quantitative estimate of drug-likeness (QED) is 0.831. The van der Waals surface area contributed by atoms with Gasteiger partial charge in [0.25, 0.3) is 5.91 Å². The minimum atomic E-state index is -2.93. The molecule has 0 unspecified atom stereocenters. The van der Waals surface area contributed by atoms with E-state index in [1.807, 2.05) is 23.1 Å². The smallest absolute Gasteiger partial charge is 0.251 e. The molecule has 0 aromatic heterocycles. The third-order valence-corrected chi connectivity index (χ3v) is 6.35. The largest absolute Gasteiger partial charge is 0.379 e. The van der Waals surface area contributed by atoms with Crippen molar-refractivity contribution in [1.29, 1.82) is 0 Å². The van der Waals surface area contributed by atoms with E-state index in [0.29, 0.717) is 38.3 Å². The number of rotatable bonds is 4. The molecular formula is C17H24N2O5S. The van der Waals surface area contributed by atoms with Crippen molar-refractivity contribution < 1.29 is 22.7 Å². The summed E-state index contributed by atoms with van der Waals surface area (Å²) in [6.45, 7) is 2.00. The molecule has 138 valence electrons. The highest BCUT2D eigenvalue weighted by Crippen LogP contribution is 2.19. The molecule has 2 saturated heterocycles. The van der Waals surface area contributed by atoms with Crippen molar-refractivity contribution in [2.45, 2.75) is 18.6 Å². The molecule has 0 saturated carbocycles. The second-order valence-corrected chi connectivity index (χ2v) is 8.71. The van der Waals surface area contributed by atoms with Crippen LogP contribution < -0.4 is 10.2 Å². The molecule has 7 nitrogen and oxygen atoms in total. The van der Waals surface area contributed by atoms with Gasteiger partial charge in [-0.15, -0.1) is 0 Å². The van der Waals surface area contributed by atoms with E-state index in [9.17, 15) is 13.2 Å². The lowest BCUT2D eigenvalue weighted by atomic mass is 10.0. The van der Waals surface area contributed by atoms with Gasteiger partial charge in [0.1, 0.15) is 6.10 Å². The lowest BCUT2D eigenvalue weighted by molar-refractivity contribution is -0.0479. The van der Waals surface area contributed by atoms with Crippen LogP contribution in [0.5, 0.6) is 0 Å². The van der Waals surface area contributed by atoms with Crippen LogP contribution in [0.1, 0.15) is 16.8 Å². The molecule has 0 spiro atoms. The summed E-state index contributed by atoms with van der Waals surface area (Å²) in [5, 5.41) is 3.02. The molecule has 0 radical (unpaired) electrons. The normalized spacial score (nSPS) is 26.2. The standard InChI is InChI=1S/C17H24N2O5S/c1-23-16-12-24-8-5-15(16)18-17(20)13-3-2-4-14(11-13)19-6-9-25(21,22)10-7-19/h2-4,11,15-16H,5-10,12H2,1H3,(H,18,20)/t15-,16-/m0/s1. The van der Waals surface area contributed by atoms with Gasteiger partial charge < -0.3 is 19.7 Å². The number of carbonyl (C=O) groups is 1. The lowest BCUT2D eigenvalue weighted by Gasteiger charge is -2.31. The summed E-state index contributed by atoms with van der Waals surface area (Å²) in [7, 11) is -1.31. The number of benzene rings is 1. The molecular weight excluding hydrogens is 344 g/mol. The average molecular weight is 368 g/mol. The zero-order valence-electron chi connectivity index (χ0n) is 14.3. The van der Waals surface area contributed by atoms with Gasteiger partial charge in [-0.25, -0.2) is 8.42 Å². The molecule has 2 aliphatic rings.